The highest BCUT2D eigenvalue weighted by molar-refractivity contribution is 7.99. The molecule has 0 radical (unpaired) electrons. The summed E-state index contributed by atoms with van der Waals surface area (Å²) in [6.07, 6.45) is 3.78. The van der Waals surface area contributed by atoms with Crippen molar-refractivity contribution in [3.8, 4) is 5.95 Å². The minimum absolute atomic E-state index is 0.151. The summed E-state index contributed by atoms with van der Waals surface area (Å²) >= 11 is 1.19. The molecule has 128 valence electrons. The van der Waals surface area contributed by atoms with E-state index in [0.717, 1.165) is 25.9 Å². The number of rotatable bonds is 6. The topological polar surface area (TPSA) is 111 Å². The quantitative estimate of drug-likeness (QED) is 0.579. The van der Waals surface area contributed by atoms with Crippen molar-refractivity contribution in [3.05, 3.63) is 6.33 Å². The number of carbonyl (C=O) groups excluding carboxylic acids is 1. The monoisotopic (exact) mass is 350 g/mol. The van der Waals surface area contributed by atoms with Crippen LogP contribution < -0.4 is 10.2 Å². The van der Waals surface area contributed by atoms with Crippen molar-refractivity contribution in [1.29, 1.82) is 0 Å². The Morgan fingerprint density at radius 3 is 2.75 bits per heavy atom. The second-order valence-electron chi connectivity index (χ2n) is 5.04. The van der Waals surface area contributed by atoms with Crippen LogP contribution >= 0.6 is 11.8 Å². The molecule has 10 nitrogen and oxygen atoms in total. The molecule has 0 bridgehead atoms. The summed E-state index contributed by atoms with van der Waals surface area (Å²) in [7, 11) is 3.10. The summed E-state index contributed by atoms with van der Waals surface area (Å²) in [5.41, 5.74) is 0. The van der Waals surface area contributed by atoms with Crippen molar-refractivity contribution >= 4 is 29.6 Å². The number of aromatic nitrogens is 6. The summed E-state index contributed by atoms with van der Waals surface area (Å²) < 4.78 is 6.07. The average molecular weight is 350 g/mol. The van der Waals surface area contributed by atoms with Crippen LogP contribution in [0.15, 0.2) is 11.5 Å². The fourth-order valence-corrected chi connectivity index (χ4v) is 2.85. The van der Waals surface area contributed by atoms with Gasteiger partial charge >= 0.3 is 5.97 Å². The molecular weight excluding hydrogens is 332 g/mol. The predicted octanol–water partition coefficient (Wildman–Crippen LogP) is 0.359. The van der Waals surface area contributed by atoms with E-state index in [1.54, 1.807) is 7.05 Å². The molecule has 0 atom stereocenters. The van der Waals surface area contributed by atoms with E-state index in [2.05, 4.69) is 40.0 Å². The van der Waals surface area contributed by atoms with Crippen LogP contribution in [-0.4, -0.2) is 68.7 Å². The predicted molar refractivity (Wildman–Crippen MR) is 88.5 cm³/mol. The maximum absolute atomic E-state index is 11.2. The molecule has 0 unspecified atom stereocenters. The number of nitrogens with one attached hydrogen (secondary N) is 1. The molecule has 3 rings (SSSR count). The zero-order valence-corrected chi connectivity index (χ0v) is 14.3. The first-order chi connectivity index (χ1) is 11.7. The Bertz CT molecular complexity index is 716. The third-order valence-corrected chi connectivity index (χ3v) is 4.27. The minimum Gasteiger partial charge on any atom is -0.468 e. The van der Waals surface area contributed by atoms with Crippen LogP contribution in [0, 0.1) is 0 Å². The molecule has 11 heteroatoms. The lowest BCUT2D eigenvalue weighted by Crippen LogP contribution is -2.22. The molecule has 2 aromatic heterocycles. The molecule has 1 aliphatic heterocycles. The number of carbonyl (C=O) groups is 1. The summed E-state index contributed by atoms with van der Waals surface area (Å²) in [6.45, 7) is 1.87. The number of methoxy groups -OCH3 is 1. The van der Waals surface area contributed by atoms with Crippen LogP contribution in [0.4, 0.5) is 11.9 Å². The van der Waals surface area contributed by atoms with Gasteiger partial charge in [0.15, 0.2) is 0 Å². The molecule has 1 aliphatic rings. The van der Waals surface area contributed by atoms with Gasteiger partial charge in [0.25, 0.3) is 5.95 Å². The van der Waals surface area contributed by atoms with Gasteiger partial charge in [0, 0.05) is 20.1 Å². The Labute approximate surface area is 143 Å². The fraction of sp³-hybridized carbons (Fsp3) is 0.538. The zero-order chi connectivity index (χ0) is 16.9. The largest absolute Gasteiger partial charge is 0.468 e. The first-order valence-electron chi connectivity index (χ1n) is 7.50. The van der Waals surface area contributed by atoms with Gasteiger partial charge in [0.05, 0.1) is 12.9 Å². The summed E-state index contributed by atoms with van der Waals surface area (Å²) in [5, 5.41) is 7.68. The second-order valence-corrected chi connectivity index (χ2v) is 5.98. The van der Waals surface area contributed by atoms with E-state index in [0.29, 0.717) is 23.0 Å². The molecule has 0 aromatic carbocycles. The lowest BCUT2D eigenvalue weighted by atomic mass is 10.4. The second kappa shape index (κ2) is 7.43. The van der Waals surface area contributed by atoms with Crippen molar-refractivity contribution < 1.29 is 9.53 Å². The summed E-state index contributed by atoms with van der Waals surface area (Å²) in [6, 6.07) is 0. The van der Waals surface area contributed by atoms with Crippen molar-refractivity contribution in [2.45, 2.75) is 18.0 Å². The van der Waals surface area contributed by atoms with Crippen LogP contribution in [0.1, 0.15) is 12.8 Å². The van der Waals surface area contributed by atoms with E-state index >= 15 is 0 Å². The molecule has 24 heavy (non-hydrogen) atoms. The van der Waals surface area contributed by atoms with Gasteiger partial charge in [-0.05, 0) is 12.8 Å². The first kappa shape index (κ1) is 16.4. The van der Waals surface area contributed by atoms with Crippen LogP contribution in [-0.2, 0) is 9.53 Å². The van der Waals surface area contributed by atoms with Gasteiger partial charge in [0.2, 0.25) is 17.1 Å². The molecule has 2 aromatic rings. The lowest BCUT2D eigenvalue weighted by molar-refractivity contribution is -0.137. The van der Waals surface area contributed by atoms with Crippen LogP contribution in [0.2, 0.25) is 0 Å². The van der Waals surface area contributed by atoms with Crippen molar-refractivity contribution in [2.24, 2.45) is 0 Å². The van der Waals surface area contributed by atoms with E-state index in [1.807, 2.05) is 0 Å². The van der Waals surface area contributed by atoms with Crippen molar-refractivity contribution in [1.82, 2.24) is 29.7 Å². The van der Waals surface area contributed by atoms with E-state index in [9.17, 15) is 4.79 Å². The van der Waals surface area contributed by atoms with Crippen LogP contribution in [0.3, 0.4) is 0 Å². The highest BCUT2D eigenvalue weighted by atomic mass is 32.2. The number of thioether (sulfide) groups is 1. The van der Waals surface area contributed by atoms with Crippen LogP contribution in [0.5, 0.6) is 0 Å². The number of anilines is 2. The SMILES string of the molecule is CNc1nc(N2CCCC2)nc(-n2cnc(SCC(=O)OC)n2)n1. The highest BCUT2D eigenvalue weighted by Crippen LogP contribution is 2.19. The maximum atomic E-state index is 11.2. The van der Waals surface area contributed by atoms with Gasteiger partial charge < -0.3 is 15.0 Å². The minimum atomic E-state index is -0.328. The Hall–Kier alpha value is -2.43. The van der Waals surface area contributed by atoms with E-state index in [1.165, 1.54) is 29.9 Å². The number of ether oxygens (including phenoxy) is 1. The zero-order valence-electron chi connectivity index (χ0n) is 13.5. The number of hydrogen-bond donors (Lipinski definition) is 1. The van der Waals surface area contributed by atoms with E-state index < -0.39 is 0 Å². The summed E-state index contributed by atoms with van der Waals surface area (Å²) in [5.74, 6) is 1.31. The standard InChI is InChI=1S/C13H18N8O2S/c1-14-10-16-11(20-5-3-4-6-20)18-12(17-10)21-8-15-13(19-21)24-7-9(22)23-2/h8H,3-7H2,1-2H3,(H,14,16,17,18). The van der Waals surface area contributed by atoms with Gasteiger partial charge in [-0.3, -0.25) is 4.79 Å². The van der Waals surface area contributed by atoms with E-state index in [4.69, 9.17) is 0 Å². The van der Waals surface area contributed by atoms with Crippen molar-refractivity contribution in [2.75, 3.05) is 43.2 Å². The third-order valence-electron chi connectivity index (χ3n) is 3.45. The molecule has 1 fully saturated rings. The van der Waals surface area contributed by atoms with Gasteiger partial charge in [-0.2, -0.15) is 19.6 Å². The normalized spacial score (nSPS) is 14.0. The Morgan fingerprint density at radius 2 is 2.04 bits per heavy atom. The van der Waals surface area contributed by atoms with Crippen LogP contribution in [0.25, 0.3) is 5.95 Å². The highest BCUT2D eigenvalue weighted by Gasteiger charge is 2.18. The maximum Gasteiger partial charge on any atom is 0.316 e. The van der Waals surface area contributed by atoms with Gasteiger partial charge in [-0.25, -0.2) is 4.98 Å². The molecular formula is C13H18N8O2S. The molecule has 0 amide bonds. The molecule has 3 heterocycles. The number of nitrogens with zero attached hydrogens (tertiary/aromatic N) is 7. The average Bonchev–Trinajstić information content (AvgIpc) is 3.30. The third kappa shape index (κ3) is 3.72. The van der Waals surface area contributed by atoms with Gasteiger partial charge in [0.1, 0.15) is 6.33 Å². The molecule has 1 N–H and O–H groups in total. The first-order valence-corrected chi connectivity index (χ1v) is 8.48. The van der Waals surface area contributed by atoms with Gasteiger partial charge in [-0.15, -0.1) is 5.10 Å². The smallest absolute Gasteiger partial charge is 0.316 e. The summed E-state index contributed by atoms with van der Waals surface area (Å²) in [4.78, 5) is 30.7. The van der Waals surface area contributed by atoms with Gasteiger partial charge in [-0.1, -0.05) is 11.8 Å². The number of esters is 1. The Kier molecular flexibility index (Phi) is 5.08. The molecule has 0 aliphatic carbocycles. The number of hydrogen-bond acceptors (Lipinski definition) is 10. The Balaban J connectivity index is 1.81. The van der Waals surface area contributed by atoms with Crippen molar-refractivity contribution in [3.63, 3.8) is 0 Å². The Morgan fingerprint density at radius 1 is 1.29 bits per heavy atom. The molecule has 1 saturated heterocycles. The molecule has 0 saturated carbocycles. The molecule has 0 spiro atoms. The van der Waals surface area contributed by atoms with E-state index in [-0.39, 0.29) is 11.7 Å². The fourth-order valence-electron chi connectivity index (χ4n) is 2.22. The lowest BCUT2D eigenvalue weighted by Gasteiger charge is -2.16.